The second kappa shape index (κ2) is 5.49. The van der Waals surface area contributed by atoms with E-state index in [-0.39, 0.29) is 5.75 Å². The molecule has 112 valence electrons. The summed E-state index contributed by atoms with van der Waals surface area (Å²) in [7, 11) is 0. The summed E-state index contributed by atoms with van der Waals surface area (Å²) >= 11 is 6.04. The number of phenols is 1. The molecule has 0 aliphatic heterocycles. The zero-order valence-corrected chi connectivity index (χ0v) is 13.0. The summed E-state index contributed by atoms with van der Waals surface area (Å²) in [4.78, 5) is 3.33. The first kappa shape index (κ1) is 13.9. The highest BCUT2D eigenvalue weighted by atomic mass is 35.5. The van der Waals surface area contributed by atoms with Gasteiger partial charge in [0.2, 0.25) is 0 Å². The number of aromatic amines is 1. The molecule has 0 radical (unpaired) electrons. The minimum absolute atomic E-state index is 0.274. The molecule has 0 atom stereocenters. The lowest BCUT2D eigenvalue weighted by atomic mass is 10.00. The van der Waals surface area contributed by atoms with Gasteiger partial charge in [0, 0.05) is 27.1 Å². The molecule has 0 saturated heterocycles. The Balaban J connectivity index is 1.88. The Morgan fingerprint density at radius 3 is 2.39 bits per heavy atom. The van der Waals surface area contributed by atoms with Gasteiger partial charge in [0.25, 0.3) is 0 Å². The minimum Gasteiger partial charge on any atom is -0.507 e. The Hall–Kier alpha value is -2.71. The lowest BCUT2D eigenvalue weighted by molar-refractivity contribution is 0.479. The summed E-state index contributed by atoms with van der Waals surface area (Å²) in [6, 6.07) is 23.4. The number of aromatic nitrogens is 1. The molecule has 4 aromatic rings. The molecule has 2 nitrogen and oxygen atoms in total. The van der Waals surface area contributed by atoms with Crippen LogP contribution in [0.25, 0.3) is 33.3 Å². The molecule has 3 heteroatoms. The van der Waals surface area contributed by atoms with Gasteiger partial charge in [-0.05, 0) is 29.8 Å². The van der Waals surface area contributed by atoms with Crippen LogP contribution in [0.1, 0.15) is 0 Å². The van der Waals surface area contributed by atoms with Gasteiger partial charge in [-0.3, -0.25) is 0 Å². The normalized spacial score (nSPS) is 11.0. The Bertz CT molecular complexity index is 989. The number of fused-ring (bicyclic) bond motifs is 1. The summed E-state index contributed by atoms with van der Waals surface area (Å²) in [5.41, 5.74) is 4.42. The lowest BCUT2D eigenvalue weighted by Crippen LogP contribution is -1.84. The monoisotopic (exact) mass is 319 g/mol. The van der Waals surface area contributed by atoms with Crippen molar-refractivity contribution in [3.05, 3.63) is 77.8 Å². The first-order valence-corrected chi connectivity index (χ1v) is 7.76. The standard InChI is InChI=1S/C20H14ClNO/c21-15-10-9-14-11-19(22-18(14)12-15)17-8-4-7-16(20(17)23)13-5-2-1-3-6-13/h1-12,22-23H. The smallest absolute Gasteiger partial charge is 0.132 e. The van der Waals surface area contributed by atoms with Gasteiger partial charge in [-0.25, -0.2) is 0 Å². The van der Waals surface area contributed by atoms with Crippen LogP contribution in [0.4, 0.5) is 0 Å². The van der Waals surface area contributed by atoms with E-state index in [2.05, 4.69) is 4.98 Å². The number of benzene rings is 3. The third kappa shape index (κ3) is 2.47. The third-order valence-corrected chi connectivity index (χ3v) is 4.23. The van der Waals surface area contributed by atoms with Crippen molar-refractivity contribution in [1.82, 2.24) is 4.98 Å². The predicted octanol–water partition coefficient (Wildman–Crippen LogP) is 5.86. The van der Waals surface area contributed by atoms with Gasteiger partial charge in [0.15, 0.2) is 0 Å². The maximum Gasteiger partial charge on any atom is 0.132 e. The second-order valence-corrected chi connectivity index (χ2v) is 5.92. The molecular weight excluding hydrogens is 306 g/mol. The number of hydrogen-bond donors (Lipinski definition) is 2. The molecule has 23 heavy (non-hydrogen) atoms. The fourth-order valence-corrected chi connectivity index (χ4v) is 3.03. The van der Waals surface area contributed by atoms with Gasteiger partial charge < -0.3 is 10.1 Å². The Morgan fingerprint density at radius 2 is 1.57 bits per heavy atom. The lowest BCUT2D eigenvalue weighted by Gasteiger charge is -2.09. The Morgan fingerprint density at radius 1 is 0.783 bits per heavy atom. The molecule has 4 rings (SSSR count). The quantitative estimate of drug-likeness (QED) is 0.477. The molecule has 0 saturated carbocycles. The Kier molecular flexibility index (Phi) is 3.32. The number of aromatic hydroxyl groups is 1. The minimum atomic E-state index is 0.274. The molecular formula is C20H14ClNO. The number of para-hydroxylation sites is 1. The van der Waals surface area contributed by atoms with E-state index in [4.69, 9.17) is 11.6 Å². The van der Waals surface area contributed by atoms with E-state index in [1.54, 1.807) is 0 Å². The molecule has 0 amide bonds. The van der Waals surface area contributed by atoms with Crippen molar-refractivity contribution in [1.29, 1.82) is 0 Å². The fourth-order valence-electron chi connectivity index (χ4n) is 2.86. The topological polar surface area (TPSA) is 36.0 Å². The van der Waals surface area contributed by atoms with Gasteiger partial charge in [-0.2, -0.15) is 0 Å². The van der Waals surface area contributed by atoms with Crippen molar-refractivity contribution in [2.24, 2.45) is 0 Å². The zero-order chi connectivity index (χ0) is 15.8. The fraction of sp³-hybridized carbons (Fsp3) is 0. The highest BCUT2D eigenvalue weighted by Gasteiger charge is 2.12. The summed E-state index contributed by atoms with van der Waals surface area (Å²) in [5.74, 6) is 0.274. The van der Waals surface area contributed by atoms with Crippen LogP contribution in [0.2, 0.25) is 5.02 Å². The van der Waals surface area contributed by atoms with Crippen LogP contribution in [0.3, 0.4) is 0 Å². The maximum atomic E-state index is 10.7. The number of hydrogen-bond acceptors (Lipinski definition) is 1. The van der Waals surface area contributed by atoms with E-state index in [9.17, 15) is 5.11 Å². The largest absolute Gasteiger partial charge is 0.507 e. The highest BCUT2D eigenvalue weighted by molar-refractivity contribution is 6.31. The van der Waals surface area contributed by atoms with Crippen molar-refractivity contribution in [3.8, 4) is 28.1 Å². The molecule has 0 fully saturated rings. The van der Waals surface area contributed by atoms with Crippen molar-refractivity contribution in [2.75, 3.05) is 0 Å². The summed E-state index contributed by atoms with van der Waals surface area (Å²) in [6.45, 7) is 0. The van der Waals surface area contributed by atoms with Crippen molar-refractivity contribution >= 4 is 22.5 Å². The van der Waals surface area contributed by atoms with Crippen LogP contribution in [-0.4, -0.2) is 10.1 Å². The van der Waals surface area contributed by atoms with Crippen LogP contribution < -0.4 is 0 Å². The average Bonchev–Trinajstić information content (AvgIpc) is 2.98. The summed E-state index contributed by atoms with van der Waals surface area (Å²) in [6.07, 6.45) is 0. The maximum absolute atomic E-state index is 10.7. The average molecular weight is 320 g/mol. The van der Waals surface area contributed by atoms with E-state index in [1.807, 2.05) is 72.8 Å². The van der Waals surface area contributed by atoms with Crippen LogP contribution >= 0.6 is 11.6 Å². The molecule has 2 N–H and O–H groups in total. The van der Waals surface area contributed by atoms with Crippen LogP contribution in [-0.2, 0) is 0 Å². The molecule has 0 aliphatic rings. The van der Waals surface area contributed by atoms with Crippen LogP contribution in [0.5, 0.6) is 5.75 Å². The molecule has 1 aromatic heterocycles. The summed E-state index contributed by atoms with van der Waals surface area (Å²) < 4.78 is 0. The van der Waals surface area contributed by atoms with Crippen molar-refractivity contribution < 1.29 is 5.11 Å². The van der Waals surface area contributed by atoms with Crippen molar-refractivity contribution in [2.45, 2.75) is 0 Å². The number of halogens is 1. The van der Waals surface area contributed by atoms with Crippen LogP contribution in [0, 0.1) is 0 Å². The van der Waals surface area contributed by atoms with Crippen LogP contribution in [0.15, 0.2) is 72.8 Å². The molecule has 1 heterocycles. The number of nitrogens with one attached hydrogen (secondary N) is 1. The first-order valence-electron chi connectivity index (χ1n) is 7.38. The number of rotatable bonds is 2. The molecule has 0 spiro atoms. The van der Waals surface area contributed by atoms with Gasteiger partial charge in [-0.1, -0.05) is 60.1 Å². The van der Waals surface area contributed by atoms with Gasteiger partial charge in [0.05, 0.1) is 5.69 Å². The van der Waals surface area contributed by atoms with E-state index >= 15 is 0 Å². The third-order valence-electron chi connectivity index (χ3n) is 4.00. The van der Waals surface area contributed by atoms with E-state index in [0.717, 1.165) is 33.3 Å². The predicted molar refractivity (Wildman–Crippen MR) is 95.8 cm³/mol. The number of phenolic OH excluding ortho intramolecular Hbond substituents is 1. The van der Waals surface area contributed by atoms with E-state index in [0.29, 0.717) is 5.02 Å². The number of H-pyrrole nitrogens is 1. The molecule has 3 aromatic carbocycles. The van der Waals surface area contributed by atoms with Gasteiger partial charge >= 0.3 is 0 Å². The zero-order valence-electron chi connectivity index (χ0n) is 12.3. The highest BCUT2D eigenvalue weighted by Crippen LogP contribution is 2.38. The Labute approximate surface area is 139 Å². The molecule has 0 unspecified atom stereocenters. The van der Waals surface area contributed by atoms with Gasteiger partial charge in [-0.15, -0.1) is 0 Å². The molecule has 0 aliphatic carbocycles. The van der Waals surface area contributed by atoms with Gasteiger partial charge in [0.1, 0.15) is 5.75 Å². The first-order chi connectivity index (χ1) is 11.2. The van der Waals surface area contributed by atoms with E-state index < -0.39 is 0 Å². The van der Waals surface area contributed by atoms with Crippen molar-refractivity contribution in [3.63, 3.8) is 0 Å². The SMILES string of the molecule is Oc1c(-c2ccccc2)cccc1-c1cc2ccc(Cl)cc2[nH]1. The van der Waals surface area contributed by atoms with E-state index in [1.165, 1.54) is 0 Å². The molecule has 0 bridgehead atoms. The second-order valence-electron chi connectivity index (χ2n) is 5.48. The summed E-state index contributed by atoms with van der Waals surface area (Å²) in [5, 5.41) is 12.5.